The normalized spacial score (nSPS) is 35.2. The summed E-state index contributed by atoms with van der Waals surface area (Å²) in [6.07, 6.45) is 3.42. The van der Waals surface area contributed by atoms with E-state index in [1.807, 2.05) is 4.90 Å². The van der Waals surface area contributed by atoms with E-state index in [1.165, 1.54) is 12.8 Å². The van der Waals surface area contributed by atoms with Crippen LogP contribution in [0.25, 0.3) is 0 Å². The number of likely N-dealkylation sites (N-methyl/N-ethyl adjacent to an activating group) is 1. The lowest BCUT2D eigenvalue weighted by Crippen LogP contribution is -2.56. The quantitative estimate of drug-likeness (QED) is 0.729. The highest BCUT2D eigenvalue weighted by Gasteiger charge is 2.52. The Hall–Kier alpha value is -1.10. The molecule has 3 aliphatic rings. The maximum atomic E-state index is 11.9. The van der Waals surface area contributed by atoms with E-state index in [-0.39, 0.29) is 11.6 Å². The van der Waals surface area contributed by atoms with Gasteiger partial charge in [0.15, 0.2) is 0 Å². The SMILES string of the molecule is CN1CCC2(C1)C(N)=NC(=O)N2CC1CC1. The Labute approximate surface area is 95.3 Å². The highest BCUT2D eigenvalue weighted by atomic mass is 16.2. The summed E-state index contributed by atoms with van der Waals surface area (Å²) in [6.45, 7) is 2.67. The van der Waals surface area contributed by atoms with Crippen LogP contribution < -0.4 is 5.73 Å². The summed E-state index contributed by atoms with van der Waals surface area (Å²) in [5.74, 6) is 1.22. The van der Waals surface area contributed by atoms with E-state index in [1.54, 1.807) is 0 Å². The topological polar surface area (TPSA) is 61.9 Å². The minimum Gasteiger partial charge on any atom is -0.385 e. The number of likely N-dealkylation sites (tertiary alicyclic amines) is 1. The summed E-state index contributed by atoms with van der Waals surface area (Å²) in [5.41, 5.74) is 5.69. The summed E-state index contributed by atoms with van der Waals surface area (Å²) < 4.78 is 0. The third-order valence-electron chi connectivity index (χ3n) is 4.02. The van der Waals surface area contributed by atoms with Gasteiger partial charge in [0.05, 0.1) is 0 Å². The number of urea groups is 1. The van der Waals surface area contributed by atoms with E-state index in [2.05, 4.69) is 16.9 Å². The first kappa shape index (κ1) is 10.1. The van der Waals surface area contributed by atoms with Gasteiger partial charge in [-0.05, 0) is 32.2 Å². The number of amidine groups is 1. The molecule has 1 atom stereocenters. The van der Waals surface area contributed by atoms with Crippen LogP contribution in [0.2, 0.25) is 0 Å². The molecule has 5 heteroatoms. The number of aliphatic imine (C=N–C) groups is 1. The van der Waals surface area contributed by atoms with Crippen molar-refractivity contribution < 1.29 is 4.79 Å². The molecule has 1 spiro atoms. The van der Waals surface area contributed by atoms with Gasteiger partial charge in [-0.3, -0.25) is 0 Å². The molecule has 2 N–H and O–H groups in total. The molecule has 2 aliphatic heterocycles. The van der Waals surface area contributed by atoms with Gasteiger partial charge in [-0.1, -0.05) is 0 Å². The van der Waals surface area contributed by atoms with Crippen LogP contribution in [-0.4, -0.2) is 53.9 Å². The second-order valence-corrected chi connectivity index (χ2v) is 5.35. The summed E-state index contributed by atoms with van der Waals surface area (Å²) in [5, 5.41) is 0. The van der Waals surface area contributed by atoms with E-state index in [4.69, 9.17) is 5.73 Å². The molecular formula is C11H18N4O. The molecule has 2 amide bonds. The van der Waals surface area contributed by atoms with Crippen molar-refractivity contribution >= 4 is 11.9 Å². The minimum absolute atomic E-state index is 0.125. The second kappa shape index (κ2) is 3.20. The van der Waals surface area contributed by atoms with Crippen LogP contribution in [0.1, 0.15) is 19.3 Å². The fourth-order valence-electron chi connectivity index (χ4n) is 2.81. The first-order chi connectivity index (χ1) is 7.62. The summed E-state index contributed by atoms with van der Waals surface area (Å²) in [7, 11) is 2.07. The molecule has 0 aromatic carbocycles. The standard InChI is InChI=1S/C11H18N4O/c1-14-5-4-11(7-14)9(12)13-10(16)15(11)6-8-2-3-8/h8H,2-7H2,1H3,(H2,12,13,16). The number of carbonyl (C=O) groups is 1. The molecule has 16 heavy (non-hydrogen) atoms. The lowest BCUT2D eigenvalue weighted by Gasteiger charge is -2.34. The molecule has 0 radical (unpaired) electrons. The van der Waals surface area contributed by atoms with Gasteiger partial charge in [-0.25, -0.2) is 4.79 Å². The van der Waals surface area contributed by atoms with Crippen LogP contribution >= 0.6 is 0 Å². The van der Waals surface area contributed by atoms with Crippen molar-refractivity contribution in [3.8, 4) is 0 Å². The first-order valence-corrected chi connectivity index (χ1v) is 5.96. The number of nitrogens with two attached hydrogens (primary N) is 1. The number of amides is 2. The summed E-state index contributed by atoms with van der Waals surface area (Å²) >= 11 is 0. The van der Waals surface area contributed by atoms with E-state index in [0.29, 0.717) is 11.8 Å². The maximum Gasteiger partial charge on any atom is 0.346 e. The summed E-state index contributed by atoms with van der Waals surface area (Å²) in [6, 6.07) is -0.125. The van der Waals surface area contributed by atoms with Gasteiger partial charge in [0.25, 0.3) is 0 Å². The molecule has 1 unspecified atom stereocenters. The number of rotatable bonds is 2. The van der Waals surface area contributed by atoms with Crippen LogP contribution in [0.3, 0.4) is 0 Å². The van der Waals surface area contributed by atoms with Gasteiger partial charge in [0.1, 0.15) is 11.4 Å². The van der Waals surface area contributed by atoms with Crippen LogP contribution in [-0.2, 0) is 0 Å². The Morgan fingerprint density at radius 3 is 2.88 bits per heavy atom. The lowest BCUT2D eigenvalue weighted by molar-refractivity contribution is 0.169. The molecule has 3 rings (SSSR count). The van der Waals surface area contributed by atoms with Gasteiger partial charge >= 0.3 is 6.03 Å². The zero-order valence-corrected chi connectivity index (χ0v) is 9.65. The molecule has 5 nitrogen and oxygen atoms in total. The average Bonchev–Trinajstić information content (AvgIpc) is 2.92. The molecule has 0 aromatic rings. The highest BCUT2D eigenvalue weighted by molar-refractivity contribution is 6.06. The smallest absolute Gasteiger partial charge is 0.346 e. The Balaban J connectivity index is 1.87. The van der Waals surface area contributed by atoms with E-state index >= 15 is 0 Å². The third-order valence-corrected chi connectivity index (χ3v) is 4.02. The van der Waals surface area contributed by atoms with Gasteiger partial charge in [-0.15, -0.1) is 0 Å². The van der Waals surface area contributed by atoms with Crippen molar-refractivity contribution in [2.75, 3.05) is 26.7 Å². The van der Waals surface area contributed by atoms with E-state index in [9.17, 15) is 4.79 Å². The molecular weight excluding hydrogens is 204 g/mol. The van der Waals surface area contributed by atoms with Crippen molar-refractivity contribution in [1.29, 1.82) is 0 Å². The Morgan fingerprint density at radius 1 is 1.56 bits per heavy atom. The second-order valence-electron chi connectivity index (χ2n) is 5.35. The van der Waals surface area contributed by atoms with Crippen LogP contribution in [0.5, 0.6) is 0 Å². The monoisotopic (exact) mass is 222 g/mol. The van der Waals surface area contributed by atoms with E-state index < -0.39 is 0 Å². The van der Waals surface area contributed by atoms with Gasteiger partial charge in [0.2, 0.25) is 0 Å². The highest BCUT2D eigenvalue weighted by Crippen LogP contribution is 2.37. The maximum absolute atomic E-state index is 11.9. The Kier molecular flexibility index (Phi) is 2.01. The number of hydrogen-bond acceptors (Lipinski definition) is 3. The molecule has 2 fully saturated rings. The zero-order chi connectivity index (χ0) is 11.3. The largest absolute Gasteiger partial charge is 0.385 e. The zero-order valence-electron chi connectivity index (χ0n) is 9.65. The average molecular weight is 222 g/mol. The first-order valence-electron chi connectivity index (χ1n) is 5.96. The molecule has 1 aliphatic carbocycles. The van der Waals surface area contributed by atoms with Crippen molar-refractivity contribution in [2.24, 2.45) is 16.6 Å². The predicted molar refractivity (Wildman–Crippen MR) is 61.3 cm³/mol. The molecule has 1 saturated heterocycles. The van der Waals surface area contributed by atoms with Crippen molar-refractivity contribution in [1.82, 2.24) is 9.80 Å². The minimum atomic E-state index is -0.283. The van der Waals surface area contributed by atoms with E-state index in [0.717, 1.165) is 26.1 Å². The van der Waals surface area contributed by atoms with Crippen molar-refractivity contribution in [2.45, 2.75) is 24.8 Å². The predicted octanol–water partition coefficient (Wildman–Crippen LogP) is 0.264. The van der Waals surface area contributed by atoms with Gasteiger partial charge < -0.3 is 15.5 Å². The molecule has 2 heterocycles. The molecule has 0 aromatic heterocycles. The van der Waals surface area contributed by atoms with Gasteiger partial charge in [-0.2, -0.15) is 4.99 Å². The number of hydrogen-bond donors (Lipinski definition) is 1. The van der Waals surface area contributed by atoms with Crippen LogP contribution in [0.4, 0.5) is 4.79 Å². The Bertz CT molecular complexity index is 363. The lowest BCUT2D eigenvalue weighted by atomic mass is 9.95. The summed E-state index contributed by atoms with van der Waals surface area (Å²) in [4.78, 5) is 20.0. The Morgan fingerprint density at radius 2 is 2.31 bits per heavy atom. The van der Waals surface area contributed by atoms with Crippen molar-refractivity contribution in [3.63, 3.8) is 0 Å². The molecule has 88 valence electrons. The molecule has 1 saturated carbocycles. The molecule has 0 bridgehead atoms. The van der Waals surface area contributed by atoms with Crippen LogP contribution in [0, 0.1) is 5.92 Å². The number of carbonyl (C=O) groups excluding carboxylic acids is 1. The van der Waals surface area contributed by atoms with Crippen molar-refractivity contribution in [3.05, 3.63) is 0 Å². The fraction of sp³-hybridized carbons (Fsp3) is 0.818. The van der Waals surface area contributed by atoms with Gasteiger partial charge in [0, 0.05) is 19.6 Å². The third kappa shape index (κ3) is 1.34. The fourth-order valence-corrected chi connectivity index (χ4v) is 2.81. The number of nitrogens with zero attached hydrogens (tertiary/aromatic N) is 3. The van der Waals surface area contributed by atoms with Crippen LogP contribution in [0.15, 0.2) is 4.99 Å².